The topological polar surface area (TPSA) is 39.7 Å². The molecule has 1 fully saturated rings. The number of morpholine rings is 1. The van der Waals surface area contributed by atoms with E-state index in [9.17, 15) is 0 Å². The molecule has 0 aromatic heterocycles. The van der Waals surface area contributed by atoms with E-state index in [1.54, 1.807) is 14.2 Å². The fourth-order valence-electron chi connectivity index (χ4n) is 2.17. The van der Waals surface area contributed by atoms with Crippen LogP contribution in [0.1, 0.15) is 17.2 Å². The van der Waals surface area contributed by atoms with Crippen LogP contribution >= 0.6 is 0 Å². The number of rotatable bonds is 4. The van der Waals surface area contributed by atoms with Crippen molar-refractivity contribution in [2.24, 2.45) is 0 Å². The quantitative estimate of drug-likeness (QED) is 0.861. The summed E-state index contributed by atoms with van der Waals surface area (Å²) in [4.78, 5) is 0. The lowest BCUT2D eigenvalue weighted by Gasteiger charge is -2.27. The van der Waals surface area contributed by atoms with Gasteiger partial charge in [-0.1, -0.05) is 12.1 Å². The highest BCUT2D eigenvalue weighted by atomic mass is 16.5. The monoisotopic (exact) mass is 237 g/mol. The first-order chi connectivity index (χ1) is 8.36. The second-order valence-corrected chi connectivity index (χ2v) is 4.03. The van der Waals surface area contributed by atoms with Crippen LogP contribution in [0.4, 0.5) is 0 Å². The van der Waals surface area contributed by atoms with Crippen molar-refractivity contribution in [3.63, 3.8) is 0 Å². The second kappa shape index (κ2) is 6.00. The third-order valence-electron chi connectivity index (χ3n) is 2.93. The lowest BCUT2D eigenvalue weighted by molar-refractivity contribution is 0.0246. The summed E-state index contributed by atoms with van der Waals surface area (Å²) in [6, 6.07) is 6.00. The molecule has 94 valence electrons. The van der Waals surface area contributed by atoms with Gasteiger partial charge < -0.3 is 19.5 Å². The molecule has 4 nitrogen and oxygen atoms in total. The van der Waals surface area contributed by atoms with Gasteiger partial charge in [-0.2, -0.15) is 0 Å². The van der Waals surface area contributed by atoms with Crippen molar-refractivity contribution in [2.75, 3.05) is 33.9 Å². The average molecular weight is 237 g/mol. The van der Waals surface area contributed by atoms with Gasteiger partial charge in [0.25, 0.3) is 0 Å². The lowest BCUT2D eigenvalue weighted by Crippen LogP contribution is -2.34. The highest BCUT2D eigenvalue weighted by Gasteiger charge is 2.22. The van der Waals surface area contributed by atoms with Crippen molar-refractivity contribution in [2.45, 2.75) is 12.7 Å². The molecule has 4 heteroatoms. The van der Waals surface area contributed by atoms with E-state index in [-0.39, 0.29) is 6.10 Å². The third-order valence-corrected chi connectivity index (χ3v) is 2.93. The van der Waals surface area contributed by atoms with Gasteiger partial charge in [0.15, 0.2) is 0 Å². The van der Waals surface area contributed by atoms with Crippen LogP contribution in [0.3, 0.4) is 0 Å². The van der Waals surface area contributed by atoms with Gasteiger partial charge in [0.1, 0.15) is 5.75 Å². The molecule has 1 aliphatic heterocycles. The number of nitrogens with one attached hydrogen (secondary N) is 1. The molecule has 17 heavy (non-hydrogen) atoms. The van der Waals surface area contributed by atoms with Gasteiger partial charge in [-0.3, -0.25) is 0 Å². The molecule has 1 N–H and O–H groups in total. The van der Waals surface area contributed by atoms with Gasteiger partial charge in [-0.05, 0) is 11.6 Å². The number of hydrogen-bond donors (Lipinski definition) is 1. The molecule has 1 atom stereocenters. The largest absolute Gasteiger partial charge is 0.496 e. The minimum absolute atomic E-state index is 0.0463. The lowest BCUT2D eigenvalue weighted by atomic mass is 10.0. The third kappa shape index (κ3) is 2.77. The van der Waals surface area contributed by atoms with Gasteiger partial charge >= 0.3 is 0 Å². The Balaban J connectivity index is 2.32. The van der Waals surface area contributed by atoms with Crippen LogP contribution < -0.4 is 10.1 Å². The maximum absolute atomic E-state index is 5.80. The Morgan fingerprint density at radius 2 is 2.29 bits per heavy atom. The Labute approximate surface area is 102 Å². The minimum atomic E-state index is 0.0463. The summed E-state index contributed by atoms with van der Waals surface area (Å²) in [5.74, 6) is 0.869. The molecular formula is C13H19NO3. The van der Waals surface area contributed by atoms with Crippen molar-refractivity contribution < 1.29 is 14.2 Å². The predicted molar refractivity (Wildman–Crippen MR) is 65.3 cm³/mol. The molecule has 1 saturated heterocycles. The summed E-state index contributed by atoms with van der Waals surface area (Å²) in [6.45, 7) is 3.03. The predicted octanol–water partition coefficient (Wildman–Crippen LogP) is 1.50. The van der Waals surface area contributed by atoms with Gasteiger partial charge in [0, 0.05) is 25.8 Å². The molecule has 0 radical (unpaired) electrons. The Morgan fingerprint density at radius 1 is 1.41 bits per heavy atom. The SMILES string of the molecule is COCc1cccc(OC)c1C1CNCCO1. The molecule has 1 aromatic carbocycles. The van der Waals surface area contributed by atoms with E-state index in [0.29, 0.717) is 6.61 Å². The Morgan fingerprint density at radius 3 is 2.94 bits per heavy atom. The summed E-state index contributed by atoms with van der Waals surface area (Å²) < 4.78 is 16.4. The molecule has 0 bridgehead atoms. The van der Waals surface area contributed by atoms with Gasteiger partial charge in [-0.15, -0.1) is 0 Å². The van der Waals surface area contributed by atoms with E-state index in [4.69, 9.17) is 14.2 Å². The van der Waals surface area contributed by atoms with E-state index in [1.165, 1.54) is 0 Å². The minimum Gasteiger partial charge on any atom is -0.496 e. The first kappa shape index (κ1) is 12.4. The van der Waals surface area contributed by atoms with Crippen LogP contribution in [0.25, 0.3) is 0 Å². The molecule has 2 rings (SSSR count). The average Bonchev–Trinajstić information content (AvgIpc) is 2.40. The van der Waals surface area contributed by atoms with Crippen molar-refractivity contribution >= 4 is 0 Å². The normalized spacial score (nSPS) is 20.2. The fraction of sp³-hybridized carbons (Fsp3) is 0.538. The Kier molecular flexibility index (Phi) is 4.36. The molecule has 0 aliphatic carbocycles. The highest BCUT2D eigenvalue weighted by Crippen LogP contribution is 2.32. The fourth-order valence-corrected chi connectivity index (χ4v) is 2.17. The zero-order valence-corrected chi connectivity index (χ0v) is 10.4. The summed E-state index contributed by atoms with van der Waals surface area (Å²) in [5, 5.41) is 3.33. The van der Waals surface area contributed by atoms with Gasteiger partial charge in [0.2, 0.25) is 0 Å². The number of methoxy groups -OCH3 is 2. The Hall–Kier alpha value is -1.10. The molecule has 0 amide bonds. The first-order valence-electron chi connectivity index (χ1n) is 5.84. The van der Waals surface area contributed by atoms with Crippen LogP contribution in [0.2, 0.25) is 0 Å². The Bertz CT molecular complexity index is 362. The van der Waals surface area contributed by atoms with Gasteiger partial charge in [-0.25, -0.2) is 0 Å². The molecular weight excluding hydrogens is 218 g/mol. The van der Waals surface area contributed by atoms with E-state index in [1.807, 2.05) is 12.1 Å². The molecule has 0 spiro atoms. The number of ether oxygens (including phenoxy) is 3. The van der Waals surface area contributed by atoms with E-state index >= 15 is 0 Å². The number of hydrogen-bond acceptors (Lipinski definition) is 4. The summed E-state index contributed by atoms with van der Waals surface area (Å²) >= 11 is 0. The van der Waals surface area contributed by atoms with Crippen LogP contribution in [0, 0.1) is 0 Å². The van der Waals surface area contributed by atoms with Crippen molar-refractivity contribution in [1.29, 1.82) is 0 Å². The molecule has 0 saturated carbocycles. The van der Waals surface area contributed by atoms with Crippen LogP contribution in [0.5, 0.6) is 5.75 Å². The zero-order valence-electron chi connectivity index (χ0n) is 10.4. The standard InChI is InChI=1S/C13H19NO3/c1-15-9-10-4-3-5-11(16-2)13(10)12-8-14-6-7-17-12/h3-5,12,14H,6-9H2,1-2H3. The van der Waals surface area contributed by atoms with E-state index in [2.05, 4.69) is 11.4 Å². The smallest absolute Gasteiger partial charge is 0.125 e. The molecule has 1 unspecified atom stereocenters. The van der Waals surface area contributed by atoms with Crippen LogP contribution in [-0.2, 0) is 16.1 Å². The highest BCUT2D eigenvalue weighted by molar-refractivity contribution is 5.42. The van der Waals surface area contributed by atoms with Crippen molar-refractivity contribution in [1.82, 2.24) is 5.32 Å². The summed E-state index contributed by atoms with van der Waals surface area (Å²) in [6.07, 6.45) is 0.0463. The van der Waals surface area contributed by atoms with E-state index in [0.717, 1.165) is 36.6 Å². The van der Waals surface area contributed by atoms with Crippen molar-refractivity contribution in [3.8, 4) is 5.75 Å². The van der Waals surface area contributed by atoms with Crippen LogP contribution in [0.15, 0.2) is 18.2 Å². The maximum Gasteiger partial charge on any atom is 0.125 e. The molecule has 1 heterocycles. The zero-order chi connectivity index (χ0) is 12.1. The first-order valence-corrected chi connectivity index (χ1v) is 5.84. The van der Waals surface area contributed by atoms with Crippen molar-refractivity contribution in [3.05, 3.63) is 29.3 Å². The summed E-state index contributed by atoms with van der Waals surface area (Å²) in [5.41, 5.74) is 2.23. The molecule has 1 aromatic rings. The maximum atomic E-state index is 5.80. The van der Waals surface area contributed by atoms with Gasteiger partial charge in [0.05, 0.1) is 26.4 Å². The van der Waals surface area contributed by atoms with E-state index < -0.39 is 0 Å². The number of benzene rings is 1. The summed E-state index contributed by atoms with van der Waals surface area (Å²) in [7, 11) is 3.38. The van der Waals surface area contributed by atoms with Crippen LogP contribution in [-0.4, -0.2) is 33.9 Å². The second-order valence-electron chi connectivity index (χ2n) is 4.03. The molecule has 1 aliphatic rings.